The number of rotatable bonds is 6. The van der Waals surface area contributed by atoms with Crippen LogP contribution in [-0.2, 0) is 6.54 Å². The van der Waals surface area contributed by atoms with E-state index < -0.39 is 0 Å². The van der Waals surface area contributed by atoms with Crippen molar-refractivity contribution in [2.24, 2.45) is 0 Å². The molecule has 0 spiro atoms. The van der Waals surface area contributed by atoms with Gasteiger partial charge in [0.15, 0.2) is 0 Å². The second kappa shape index (κ2) is 6.55. The third-order valence-corrected chi connectivity index (χ3v) is 2.57. The third-order valence-electron chi connectivity index (χ3n) is 2.57. The van der Waals surface area contributed by atoms with Crippen molar-refractivity contribution < 1.29 is 14.2 Å². The number of methoxy groups -OCH3 is 3. The SMILES string of the molecule is COc1ccc(CNc2nc(OC)nc(OC)n2)cc1. The number of nitrogens with one attached hydrogen (secondary N) is 1. The summed E-state index contributed by atoms with van der Waals surface area (Å²) in [5, 5.41) is 3.08. The van der Waals surface area contributed by atoms with Crippen molar-refractivity contribution in [3.05, 3.63) is 29.8 Å². The normalized spacial score (nSPS) is 9.95. The Hall–Kier alpha value is -2.57. The molecule has 0 radical (unpaired) electrons. The van der Waals surface area contributed by atoms with Crippen molar-refractivity contribution in [1.82, 2.24) is 15.0 Å². The summed E-state index contributed by atoms with van der Waals surface area (Å²) < 4.78 is 15.1. The van der Waals surface area contributed by atoms with E-state index in [-0.39, 0.29) is 12.0 Å². The molecule has 0 bridgehead atoms. The van der Waals surface area contributed by atoms with E-state index in [1.54, 1.807) is 7.11 Å². The first-order valence-electron chi connectivity index (χ1n) is 5.96. The predicted octanol–water partition coefficient (Wildman–Crippen LogP) is 1.51. The predicted molar refractivity (Wildman–Crippen MR) is 73.3 cm³/mol. The van der Waals surface area contributed by atoms with E-state index in [1.165, 1.54) is 14.2 Å². The Morgan fingerprint density at radius 3 is 1.95 bits per heavy atom. The van der Waals surface area contributed by atoms with Gasteiger partial charge in [0.05, 0.1) is 21.3 Å². The Labute approximate surface area is 116 Å². The second-order valence-corrected chi connectivity index (χ2v) is 3.83. The third kappa shape index (κ3) is 3.47. The average Bonchev–Trinajstić information content (AvgIpc) is 2.53. The molecule has 1 aromatic heterocycles. The van der Waals surface area contributed by atoms with E-state index in [9.17, 15) is 0 Å². The standard InChI is InChI=1S/C13H16N4O3/c1-18-10-6-4-9(5-7-10)8-14-11-15-12(19-2)17-13(16-11)20-3/h4-7H,8H2,1-3H3,(H,14,15,16,17). The van der Waals surface area contributed by atoms with Crippen molar-refractivity contribution in [3.8, 4) is 17.8 Å². The first-order valence-corrected chi connectivity index (χ1v) is 5.96. The highest BCUT2D eigenvalue weighted by Gasteiger charge is 2.06. The minimum Gasteiger partial charge on any atom is -0.497 e. The van der Waals surface area contributed by atoms with Gasteiger partial charge in [0.1, 0.15) is 5.75 Å². The lowest BCUT2D eigenvalue weighted by Gasteiger charge is -2.08. The van der Waals surface area contributed by atoms with Gasteiger partial charge in [0.25, 0.3) is 0 Å². The maximum Gasteiger partial charge on any atom is 0.324 e. The molecule has 20 heavy (non-hydrogen) atoms. The van der Waals surface area contributed by atoms with Crippen LogP contribution in [0.2, 0.25) is 0 Å². The van der Waals surface area contributed by atoms with Crippen LogP contribution in [0.3, 0.4) is 0 Å². The summed E-state index contributed by atoms with van der Waals surface area (Å²) in [6, 6.07) is 8.11. The van der Waals surface area contributed by atoms with Crippen LogP contribution in [0.4, 0.5) is 5.95 Å². The molecule has 2 rings (SSSR count). The lowest BCUT2D eigenvalue weighted by Crippen LogP contribution is -2.07. The molecule has 7 heteroatoms. The van der Waals surface area contributed by atoms with Crippen LogP contribution in [0.15, 0.2) is 24.3 Å². The van der Waals surface area contributed by atoms with Crippen LogP contribution < -0.4 is 19.5 Å². The summed E-state index contributed by atoms with van der Waals surface area (Å²) in [6.07, 6.45) is 0. The molecule has 106 valence electrons. The fraction of sp³-hybridized carbons (Fsp3) is 0.308. The second-order valence-electron chi connectivity index (χ2n) is 3.83. The molecular weight excluding hydrogens is 260 g/mol. The van der Waals surface area contributed by atoms with Crippen molar-refractivity contribution in [3.63, 3.8) is 0 Å². The summed E-state index contributed by atoms with van der Waals surface area (Å²) >= 11 is 0. The Morgan fingerprint density at radius 1 is 0.850 bits per heavy atom. The van der Waals surface area contributed by atoms with Gasteiger partial charge in [0.2, 0.25) is 5.95 Å². The molecule has 1 heterocycles. The van der Waals surface area contributed by atoms with Gasteiger partial charge in [-0.05, 0) is 17.7 Å². The van der Waals surface area contributed by atoms with Gasteiger partial charge < -0.3 is 19.5 Å². The molecule has 0 amide bonds. The number of benzene rings is 1. The summed E-state index contributed by atoms with van der Waals surface area (Å²) in [6.45, 7) is 0.570. The van der Waals surface area contributed by atoms with Crippen LogP contribution in [-0.4, -0.2) is 36.3 Å². The quantitative estimate of drug-likeness (QED) is 0.856. The zero-order valence-corrected chi connectivity index (χ0v) is 11.6. The minimum absolute atomic E-state index is 0.203. The van der Waals surface area contributed by atoms with E-state index in [1.807, 2.05) is 24.3 Å². The molecule has 1 N–H and O–H groups in total. The first kappa shape index (κ1) is 13.9. The van der Waals surface area contributed by atoms with E-state index in [0.29, 0.717) is 12.5 Å². The number of hydrogen-bond acceptors (Lipinski definition) is 7. The Morgan fingerprint density at radius 2 is 1.45 bits per heavy atom. The topological polar surface area (TPSA) is 78.4 Å². The Kier molecular flexibility index (Phi) is 4.54. The number of aromatic nitrogens is 3. The van der Waals surface area contributed by atoms with Crippen molar-refractivity contribution in [2.45, 2.75) is 6.54 Å². The summed E-state index contributed by atoms with van der Waals surface area (Å²) in [5.74, 6) is 1.21. The van der Waals surface area contributed by atoms with Gasteiger partial charge in [0, 0.05) is 6.54 Å². The molecular formula is C13H16N4O3. The first-order chi connectivity index (χ1) is 9.75. The summed E-state index contributed by atoms with van der Waals surface area (Å²) in [5.41, 5.74) is 1.07. The minimum atomic E-state index is 0.203. The molecule has 0 unspecified atom stereocenters. The lowest BCUT2D eigenvalue weighted by molar-refractivity contribution is 0.341. The molecule has 0 saturated carbocycles. The van der Waals surface area contributed by atoms with Crippen LogP contribution >= 0.6 is 0 Å². The molecule has 1 aromatic carbocycles. The Balaban J connectivity index is 2.05. The molecule has 0 fully saturated rings. The molecule has 0 aliphatic heterocycles. The smallest absolute Gasteiger partial charge is 0.324 e. The van der Waals surface area contributed by atoms with Gasteiger partial charge >= 0.3 is 12.0 Å². The van der Waals surface area contributed by atoms with Crippen molar-refractivity contribution in [1.29, 1.82) is 0 Å². The number of nitrogens with zero attached hydrogens (tertiary/aromatic N) is 3. The van der Waals surface area contributed by atoms with E-state index in [2.05, 4.69) is 20.3 Å². The Bertz CT molecular complexity index is 538. The van der Waals surface area contributed by atoms with Gasteiger partial charge in [-0.3, -0.25) is 0 Å². The van der Waals surface area contributed by atoms with Crippen molar-refractivity contribution >= 4 is 5.95 Å². The fourth-order valence-corrected chi connectivity index (χ4v) is 1.52. The van der Waals surface area contributed by atoms with Crippen LogP contribution in [0.25, 0.3) is 0 Å². The van der Waals surface area contributed by atoms with Gasteiger partial charge in [-0.15, -0.1) is 4.98 Å². The lowest BCUT2D eigenvalue weighted by atomic mass is 10.2. The van der Waals surface area contributed by atoms with Gasteiger partial charge in [-0.25, -0.2) is 0 Å². The highest BCUT2D eigenvalue weighted by atomic mass is 16.5. The summed E-state index contributed by atoms with van der Waals surface area (Å²) in [7, 11) is 4.61. The molecule has 0 atom stereocenters. The largest absolute Gasteiger partial charge is 0.497 e. The van der Waals surface area contributed by atoms with E-state index in [4.69, 9.17) is 14.2 Å². The maximum atomic E-state index is 5.11. The number of hydrogen-bond donors (Lipinski definition) is 1. The van der Waals surface area contributed by atoms with Crippen LogP contribution in [0.1, 0.15) is 5.56 Å². The highest BCUT2D eigenvalue weighted by Crippen LogP contribution is 2.14. The maximum absolute atomic E-state index is 5.11. The average molecular weight is 276 g/mol. The zero-order chi connectivity index (χ0) is 14.4. The zero-order valence-electron chi connectivity index (χ0n) is 11.6. The molecule has 7 nitrogen and oxygen atoms in total. The van der Waals surface area contributed by atoms with Crippen molar-refractivity contribution in [2.75, 3.05) is 26.6 Å². The number of ether oxygens (including phenoxy) is 3. The monoisotopic (exact) mass is 276 g/mol. The van der Waals surface area contributed by atoms with E-state index in [0.717, 1.165) is 11.3 Å². The molecule has 0 aliphatic rings. The van der Waals surface area contributed by atoms with Crippen LogP contribution in [0.5, 0.6) is 17.8 Å². The number of anilines is 1. The van der Waals surface area contributed by atoms with Gasteiger partial charge in [-0.2, -0.15) is 9.97 Å². The highest BCUT2D eigenvalue weighted by molar-refractivity contribution is 5.32. The van der Waals surface area contributed by atoms with E-state index >= 15 is 0 Å². The van der Waals surface area contributed by atoms with Gasteiger partial charge in [-0.1, -0.05) is 12.1 Å². The molecule has 0 aliphatic carbocycles. The summed E-state index contributed by atoms with van der Waals surface area (Å²) in [4.78, 5) is 12.1. The fourth-order valence-electron chi connectivity index (χ4n) is 1.52. The molecule has 0 saturated heterocycles. The molecule has 2 aromatic rings. The van der Waals surface area contributed by atoms with Crippen LogP contribution in [0, 0.1) is 0 Å².